The first-order valence-electron chi connectivity index (χ1n) is 4.78. The summed E-state index contributed by atoms with van der Waals surface area (Å²) in [5.74, 6) is 2.05. The summed E-state index contributed by atoms with van der Waals surface area (Å²) in [7, 11) is 0. The van der Waals surface area contributed by atoms with E-state index in [4.69, 9.17) is 0 Å². The van der Waals surface area contributed by atoms with Crippen molar-refractivity contribution in [3.05, 3.63) is 17.5 Å². The van der Waals surface area contributed by atoms with Gasteiger partial charge in [0, 0.05) is 17.1 Å². The van der Waals surface area contributed by atoms with Crippen molar-refractivity contribution in [2.75, 3.05) is 11.5 Å². The van der Waals surface area contributed by atoms with Crippen molar-refractivity contribution >= 4 is 24.4 Å². The Bertz CT molecular complexity index is 269. The highest BCUT2D eigenvalue weighted by atomic mass is 32.2. The number of aromatic nitrogens is 2. The Morgan fingerprint density at radius 1 is 1.21 bits per heavy atom. The van der Waals surface area contributed by atoms with Crippen molar-refractivity contribution in [1.82, 2.24) is 9.97 Å². The summed E-state index contributed by atoms with van der Waals surface area (Å²) in [6, 6.07) is 2.00. The molecule has 1 rings (SSSR count). The van der Waals surface area contributed by atoms with Gasteiger partial charge in [0.2, 0.25) is 0 Å². The largest absolute Gasteiger partial charge is 0.228 e. The number of thioether (sulfide) groups is 1. The Kier molecular flexibility index (Phi) is 5.33. The van der Waals surface area contributed by atoms with Crippen LogP contribution in [-0.2, 0) is 0 Å². The molecule has 0 unspecified atom stereocenters. The molecule has 0 amide bonds. The third-order valence-electron chi connectivity index (χ3n) is 1.75. The van der Waals surface area contributed by atoms with Crippen molar-refractivity contribution in [3.63, 3.8) is 0 Å². The molecule has 0 saturated carbocycles. The number of hydrogen-bond acceptors (Lipinski definition) is 4. The smallest absolute Gasteiger partial charge is 0.187 e. The Balaban J connectivity index is 2.42. The second-order valence-electron chi connectivity index (χ2n) is 3.21. The molecular formula is C10H16N2S2. The van der Waals surface area contributed by atoms with Crippen molar-refractivity contribution in [3.8, 4) is 0 Å². The first-order chi connectivity index (χ1) is 6.72. The molecule has 0 radical (unpaired) electrons. The zero-order valence-electron chi connectivity index (χ0n) is 8.66. The van der Waals surface area contributed by atoms with Crippen LogP contribution in [0.2, 0.25) is 0 Å². The van der Waals surface area contributed by atoms with E-state index in [0.29, 0.717) is 0 Å². The molecule has 0 atom stereocenters. The van der Waals surface area contributed by atoms with E-state index in [2.05, 4.69) is 22.6 Å². The summed E-state index contributed by atoms with van der Waals surface area (Å²) in [5.41, 5.74) is 2.10. The van der Waals surface area contributed by atoms with Crippen LogP contribution in [0.5, 0.6) is 0 Å². The van der Waals surface area contributed by atoms with Crippen LogP contribution in [0.15, 0.2) is 11.2 Å². The summed E-state index contributed by atoms with van der Waals surface area (Å²) in [6.07, 6.45) is 2.35. The third kappa shape index (κ3) is 4.33. The van der Waals surface area contributed by atoms with E-state index in [1.54, 1.807) is 11.8 Å². The van der Waals surface area contributed by atoms with E-state index in [1.165, 1.54) is 12.8 Å². The predicted octanol–water partition coefficient (Wildman–Crippen LogP) is 2.90. The third-order valence-corrected chi connectivity index (χ3v) is 3.00. The monoisotopic (exact) mass is 228 g/mol. The van der Waals surface area contributed by atoms with Crippen LogP contribution in [0.4, 0.5) is 0 Å². The van der Waals surface area contributed by atoms with Gasteiger partial charge < -0.3 is 0 Å². The van der Waals surface area contributed by atoms with E-state index in [-0.39, 0.29) is 0 Å². The summed E-state index contributed by atoms with van der Waals surface area (Å²) in [4.78, 5) is 8.73. The molecule has 0 aliphatic heterocycles. The molecule has 0 spiro atoms. The zero-order valence-corrected chi connectivity index (χ0v) is 10.4. The minimum absolute atomic E-state index is 0.904. The van der Waals surface area contributed by atoms with Crippen LogP contribution >= 0.6 is 24.4 Å². The molecule has 0 fully saturated rings. The first kappa shape index (κ1) is 11.9. The number of aryl methyl sites for hydroxylation is 2. The molecule has 0 aliphatic carbocycles. The van der Waals surface area contributed by atoms with Crippen molar-refractivity contribution in [1.29, 1.82) is 0 Å². The first-order valence-corrected chi connectivity index (χ1v) is 6.40. The summed E-state index contributed by atoms with van der Waals surface area (Å²) in [5, 5.41) is 0.904. The highest BCUT2D eigenvalue weighted by Gasteiger charge is 1.99. The molecule has 0 bridgehead atoms. The molecule has 0 aliphatic rings. The number of unbranched alkanes of at least 4 members (excludes halogenated alkanes) is 1. The molecule has 0 N–H and O–H groups in total. The van der Waals surface area contributed by atoms with E-state index >= 15 is 0 Å². The van der Waals surface area contributed by atoms with Crippen LogP contribution < -0.4 is 0 Å². The van der Waals surface area contributed by atoms with Crippen molar-refractivity contribution in [2.24, 2.45) is 0 Å². The van der Waals surface area contributed by atoms with Gasteiger partial charge in [0.1, 0.15) is 0 Å². The number of hydrogen-bond donors (Lipinski definition) is 1. The van der Waals surface area contributed by atoms with Crippen molar-refractivity contribution in [2.45, 2.75) is 31.8 Å². The summed E-state index contributed by atoms with van der Waals surface area (Å²) < 4.78 is 0. The van der Waals surface area contributed by atoms with Gasteiger partial charge in [0.15, 0.2) is 5.16 Å². The fourth-order valence-corrected chi connectivity index (χ4v) is 2.31. The second-order valence-corrected chi connectivity index (χ2v) is 4.72. The van der Waals surface area contributed by atoms with Gasteiger partial charge in [-0.05, 0) is 38.5 Å². The maximum atomic E-state index is 4.36. The molecule has 1 heterocycles. The fraction of sp³-hybridized carbons (Fsp3) is 0.600. The molecule has 1 aromatic heterocycles. The lowest BCUT2D eigenvalue weighted by Crippen LogP contribution is -1.93. The van der Waals surface area contributed by atoms with E-state index < -0.39 is 0 Å². The van der Waals surface area contributed by atoms with Gasteiger partial charge >= 0.3 is 0 Å². The van der Waals surface area contributed by atoms with Gasteiger partial charge in [0.05, 0.1) is 0 Å². The molecule has 4 heteroatoms. The van der Waals surface area contributed by atoms with E-state index in [0.717, 1.165) is 28.0 Å². The Hall–Kier alpha value is -0.220. The van der Waals surface area contributed by atoms with Crippen LogP contribution in [0.3, 0.4) is 0 Å². The van der Waals surface area contributed by atoms with Gasteiger partial charge in [0.25, 0.3) is 0 Å². The van der Waals surface area contributed by atoms with Crippen LogP contribution in [0.25, 0.3) is 0 Å². The Morgan fingerprint density at radius 3 is 2.43 bits per heavy atom. The average molecular weight is 228 g/mol. The topological polar surface area (TPSA) is 25.8 Å². The maximum absolute atomic E-state index is 4.36. The minimum atomic E-state index is 0.904. The van der Waals surface area contributed by atoms with Crippen LogP contribution in [0.1, 0.15) is 24.2 Å². The lowest BCUT2D eigenvalue weighted by molar-refractivity contribution is 0.881. The van der Waals surface area contributed by atoms with E-state index in [1.807, 2.05) is 19.9 Å². The molecule has 14 heavy (non-hydrogen) atoms. The lowest BCUT2D eigenvalue weighted by atomic mass is 10.4. The second kappa shape index (κ2) is 6.30. The number of rotatable bonds is 5. The van der Waals surface area contributed by atoms with Crippen molar-refractivity contribution < 1.29 is 0 Å². The number of thiol groups is 1. The highest BCUT2D eigenvalue weighted by Crippen LogP contribution is 2.15. The van der Waals surface area contributed by atoms with Gasteiger partial charge in [-0.15, -0.1) is 0 Å². The standard InChI is InChI=1S/C10H16N2S2/c1-8-7-9(2)12-10(11-8)14-6-4-3-5-13/h7,13H,3-6H2,1-2H3. The normalized spacial score (nSPS) is 10.5. The molecular weight excluding hydrogens is 212 g/mol. The van der Waals surface area contributed by atoms with Crippen LogP contribution in [-0.4, -0.2) is 21.5 Å². The van der Waals surface area contributed by atoms with Gasteiger partial charge in [-0.1, -0.05) is 11.8 Å². The lowest BCUT2D eigenvalue weighted by Gasteiger charge is -2.02. The summed E-state index contributed by atoms with van der Waals surface area (Å²) in [6.45, 7) is 4.01. The average Bonchev–Trinajstić information content (AvgIpc) is 2.11. The number of nitrogens with zero attached hydrogens (tertiary/aromatic N) is 2. The Labute approximate surface area is 95.3 Å². The molecule has 0 saturated heterocycles. The van der Waals surface area contributed by atoms with Gasteiger partial charge in [-0.2, -0.15) is 12.6 Å². The SMILES string of the molecule is Cc1cc(C)nc(SCCCCS)n1. The predicted molar refractivity (Wildman–Crippen MR) is 65.3 cm³/mol. The molecule has 78 valence electrons. The fourth-order valence-electron chi connectivity index (χ4n) is 1.14. The van der Waals surface area contributed by atoms with E-state index in [9.17, 15) is 0 Å². The quantitative estimate of drug-likeness (QED) is 0.363. The minimum Gasteiger partial charge on any atom is -0.228 e. The summed E-state index contributed by atoms with van der Waals surface area (Å²) >= 11 is 5.91. The van der Waals surface area contributed by atoms with Crippen LogP contribution in [0, 0.1) is 13.8 Å². The molecule has 1 aromatic rings. The highest BCUT2D eigenvalue weighted by molar-refractivity contribution is 7.99. The van der Waals surface area contributed by atoms with Gasteiger partial charge in [-0.25, -0.2) is 9.97 Å². The maximum Gasteiger partial charge on any atom is 0.187 e. The zero-order chi connectivity index (χ0) is 10.4. The van der Waals surface area contributed by atoms with Gasteiger partial charge in [-0.3, -0.25) is 0 Å². The molecule has 2 nitrogen and oxygen atoms in total. The Morgan fingerprint density at radius 2 is 1.86 bits per heavy atom. The molecule has 0 aromatic carbocycles.